The summed E-state index contributed by atoms with van der Waals surface area (Å²) in [5.74, 6) is -1.06. The molecule has 2 unspecified atom stereocenters. The summed E-state index contributed by atoms with van der Waals surface area (Å²) >= 11 is 1.28. The number of rotatable bonds is 3. The Hall–Kier alpha value is -1.12. The van der Waals surface area contributed by atoms with E-state index in [-0.39, 0.29) is 24.5 Å². The molecule has 0 aromatic rings. The first-order valence-corrected chi connectivity index (χ1v) is 7.65. The molecule has 2 aliphatic rings. The minimum Gasteiger partial charge on any atom is -0.480 e. The van der Waals surface area contributed by atoms with Gasteiger partial charge in [-0.1, -0.05) is 13.8 Å². The lowest BCUT2D eigenvalue weighted by atomic mass is 10.1. The second-order valence-electron chi connectivity index (χ2n) is 5.74. The molecular formula is C12H17F3N2O3S. The Kier molecular flexibility index (Phi) is 4.07. The number of thioether (sulfide) groups is 1. The van der Waals surface area contributed by atoms with Crippen molar-refractivity contribution in [1.82, 2.24) is 10.2 Å². The fourth-order valence-electron chi connectivity index (χ4n) is 2.36. The fourth-order valence-corrected chi connectivity index (χ4v) is 3.83. The average molecular weight is 326 g/mol. The number of hydrogen-bond acceptors (Lipinski definition) is 3. The first kappa shape index (κ1) is 16.3. The number of nitrogens with one attached hydrogen (secondary N) is 1. The van der Waals surface area contributed by atoms with E-state index in [1.807, 2.05) is 5.32 Å². The van der Waals surface area contributed by atoms with E-state index in [4.69, 9.17) is 5.11 Å². The Morgan fingerprint density at radius 3 is 2.33 bits per heavy atom. The second-order valence-corrected chi connectivity index (χ2v) is 6.89. The van der Waals surface area contributed by atoms with Crippen LogP contribution in [-0.2, 0) is 4.79 Å². The van der Waals surface area contributed by atoms with Crippen molar-refractivity contribution < 1.29 is 27.9 Å². The summed E-state index contributed by atoms with van der Waals surface area (Å²) < 4.78 is 38.7. The average Bonchev–Trinajstić information content (AvgIpc) is 2.98. The van der Waals surface area contributed by atoms with Crippen LogP contribution in [-0.4, -0.2) is 50.9 Å². The number of alkyl halides is 3. The van der Waals surface area contributed by atoms with Crippen LogP contribution >= 0.6 is 11.8 Å². The van der Waals surface area contributed by atoms with Crippen LogP contribution in [0.1, 0.15) is 26.7 Å². The molecule has 2 N–H and O–H groups in total. The Morgan fingerprint density at radius 1 is 1.38 bits per heavy atom. The molecule has 2 fully saturated rings. The van der Waals surface area contributed by atoms with Gasteiger partial charge >= 0.3 is 18.2 Å². The lowest BCUT2D eigenvalue weighted by Gasteiger charge is -2.32. The van der Waals surface area contributed by atoms with Crippen molar-refractivity contribution in [2.24, 2.45) is 5.92 Å². The molecule has 1 saturated heterocycles. The van der Waals surface area contributed by atoms with Gasteiger partial charge < -0.3 is 10.4 Å². The monoisotopic (exact) mass is 326 g/mol. The molecule has 5 nitrogen and oxygen atoms in total. The molecule has 1 saturated carbocycles. The molecule has 0 aromatic carbocycles. The van der Waals surface area contributed by atoms with Gasteiger partial charge in [-0.25, -0.2) is 9.59 Å². The number of carboxylic acids is 1. The number of carbonyl (C=O) groups excluding carboxylic acids is 1. The quantitative estimate of drug-likeness (QED) is 0.835. The van der Waals surface area contributed by atoms with Gasteiger partial charge in [-0.05, 0) is 18.8 Å². The molecule has 0 bridgehead atoms. The summed E-state index contributed by atoms with van der Waals surface area (Å²) in [6.45, 7) is 3.61. The summed E-state index contributed by atoms with van der Waals surface area (Å²) in [4.78, 5) is 24.5. The molecule has 0 radical (unpaired) electrons. The smallest absolute Gasteiger partial charge is 0.411 e. The molecule has 9 heteroatoms. The Bertz CT molecular complexity index is 452. The van der Waals surface area contributed by atoms with Crippen LogP contribution in [0, 0.1) is 5.92 Å². The Labute approximate surface area is 124 Å². The van der Waals surface area contributed by atoms with E-state index in [9.17, 15) is 22.8 Å². The topological polar surface area (TPSA) is 69.6 Å². The molecule has 2 atom stereocenters. The lowest BCUT2D eigenvalue weighted by molar-refractivity contribution is -0.163. The largest absolute Gasteiger partial charge is 0.480 e. The van der Waals surface area contributed by atoms with Crippen molar-refractivity contribution in [2.45, 2.75) is 49.8 Å². The van der Waals surface area contributed by atoms with Crippen molar-refractivity contribution >= 4 is 23.8 Å². The minimum absolute atomic E-state index is 0.0499. The predicted molar refractivity (Wildman–Crippen MR) is 70.9 cm³/mol. The Morgan fingerprint density at radius 2 is 1.95 bits per heavy atom. The maximum absolute atomic E-state index is 12.9. The highest BCUT2D eigenvalue weighted by molar-refractivity contribution is 8.00. The molecule has 0 aromatic heterocycles. The molecule has 1 aliphatic heterocycles. The first-order chi connectivity index (χ1) is 9.59. The number of carboxylic acid groups (broad SMARTS) is 1. The van der Waals surface area contributed by atoms with Crippen molar-refractivity contribution in [2.75, 3.05) is 5.75 Å². The number of amides is 2. The van der Waals surface area contributed by atoms with E-state index in [1.165, 1.54) is 11.8 Å². The highest BCUT2D eigenvalue weighted by Crippen LogP contribution is 2.49. The predicted octanol–water partition coefficient (Wildman–Crippen LogP) is 2.28. The molecule has 1 aliphatic carbocycles. The van der Waals surface area contributed by atoms with E-state index in [0.29, 0.717) is 0 Å². The van der Waals surface area contributed by atoms with E-state index in [2.05, 4.69) is 0 Å². The third-order valence-electron chi connectivity index (χ3n) is 3.76. The third-order valence-corrected chi connectivity index (χ3v) is 5.38. The fraction of sp³-hybridized carbons (Fsp3) is 0.833. The number of aliphatic carboxylic acids is 1. The van der Waals surface area contributed by atoms with Crippen LogP contribution in [0.3, 0.4) is 0 Å². The number of hydrogen-bond donors (Lipinski definition) is 2. The van der Waals surface area contributed by atoms with Crippen molar-refractivity contribution in [1.29, 1.82) is 0 Å². The summed E-state index contributed by atoms with van der Waals surface area (Å²) in [6, 6.07) is -2.03. The van der Waals surface area contributed by atoms with Gasteiger partial charge in [0.25, 0.3) is 0 Å². The van der Waals surface area contributed by atoms with Crippen LogP contribution in [0.2, 0.25) is 0 Å². The van der Waals surface area contributed by atoms with Crippen LogP contribution < -0.4 is 5.32 Å². The van der Waals surface area contributed by atoms with E-state index in [0.717, 1.165) is 4.90 Å². The highest BCUT2D eigenvalue weighted by atomic mass is 32.2. The van der Waals surface area contributed by atoms with Crippen LogP contribution in [0.25, 0.3) is 0 Å². The molecule has 2 rings (SSSR count). The molecule has 21 heavy (non-hydrogen) atoms. The molecule has 1 heterocycles. The maximum Gasteiger partial charge on any atom is 0.411 e. The third kappa shape index (κ3) is 2.93. The zero-order chi connectivity index (χ0) is 16.0. The van der Waals surface area contributed by atoms with Gasteiger partial charge in [0.05, 0.1) is 5.37 Å². The zero-order valence-corrected chi connectivity index (χ0v) is 12.4. The SMILES string of the molecule is CC(C)C1SCC(C(=O)O)N1C(=O)NC1(C(F)(F)F)CC1. The standard InChI is InChI=1S/C12H17F3N2O3S/c1-6(2)8-17(7(5-21-8)9(18)19)10(20)16-11(3-4-11)12(13,14)15/h6-8H,3-5H2,1-2H3,(H,16,20)(H,18,19). The minimum atomic E-state index is -4.51. The Balaban J connectivity index is 2.17. The van der Waals surface area contributed by atoms with Crippen molar-refractivity contribution in [3.05, 3.63) is 0 Å². The molecular weight excluding hydrogens is 309 g/mol. The van der Waals surface area contributed by atoms with Crippen LogP contribution in [0.5, 0.6) is 0 Å². The van der Waals surface area contributed by atoms with E-state index in [1.54, 1.807) is 13.8 Å². The van der Waals surface area contributed by atoms with E-state index < -0.39 is 35.1 Å². The normalized spacial score (nSPS) is 27.8. The van der Waals surface area contributed by atoms with Crippen molar-refractivity contribution in [3.8, 4) is 0 Å². The summed E-state index contributed by atoms with van der Waals surface area (Å²) in [6.07, 6.45) is -4.83. The van der Waals surface area contributed by atoms with Gasteiger partial charge in [-0.3, -0.25) is 4.90 Å². The number of halogens is 3. The molecule has 0 spiro atoms. The summed E-state index contributed by atoms with van der Waals surface area (Å²) in [7, 11) is 0. The highest BCUT2D eigenvalue weighted by Gasteiger charge is 2.65. The number of urea groups is 1. The summed E-state index contributed by atoms with van der Waals surface area (Å²) in [5, 5.41) is 10.7. The van der Waals surface area contributed by atoms with E-state index >= 15 is 0 Å². The number of nitrogens with zero attached hydrogens (tertiary/aromatic N) is 1. The van der Waals surface area contributed by atoms with Gasteiger partial charge in [0, 0.05) is 5.75 Å². The van der Waals surface area contributed by atoms with Crippen molar-refractivity contribution in [3.63, 3.8) is 0 Å². The van der Waals surface area contributed by atoms with Gasteiger partial charge in [-0.2, -0.15) is 13.2 Å². The lowest BCUT2D eigenvalue weighted by Crippen LogP contribution is -2.57. The van der Waals surface area contributed by atoms with Crippen LogP contribution in [0.15, 0.2) is 0 Å². The van der Waals surface area contributed by atoms with Gasteiger partial charge in [0.15, 0.2) is 0 Å². The number of carbonyl (C=O) groups is 2. The maximum atomic E-state index is 12.9. The second kappa shape index (κ2) is 5.26. The zero-order valence-electron chi connectivity index (χ0n) is 11.6. The molecule has 2 amide bonds. The van der Waals surface area contributed by atoms with Gasteiger partial charge in [0.1, 0.15) is 11.6 Å². The van der Waals surface area contributed by atoms with Gasteiger partial charge in [-0.15, -0.1) is 11.8 Å². The summed E-state index contributed by atoms with van der Waals surface area (Å²) in [5.41, 5.74) is -2.18. The first-order valence-electron chi connectivity index (χ1n) is 6.61. The molecule has 120 valence electrons. The van der Waals surface area contributed by atoms with Gasteiger partial charge in [0.2, 0.25) is 0 Å². The van der Waals surface area contributed by atoms with Crippen LogP contribution in [0.4, 0.5) is 18.0 Å².